The van der Waals surface area contributed by atoms with E-state index in [1.54, 1.807) is 22.3 Å². The summed E-state index contributed by atoms with van der Waals surface area (Å²) in [7, 11) is -1.24. The van der Waals surface area contributed by atoms with E-state index in [2.05, 4.69) is 4.98 Å². The van der Waals surface area contributed by atoms with Crippen LogP contribution in [0.4, 0.5) is 9.18 Å². The van der Waals surface area contributed by atoms with Crippen molar-refractivity contribution in [2.24, 2.45) is 0 Å². The van der Waals surface area contributed by atoms with Gasteiger partial charge in [0.2, 0.25) is 0 Å². The molecule has 164 valence electrons. The fourth-order valence-electron chi connectivity index (χ4n) is 3.14. The van der Waals surface area contributed by atoms with E-state index in [4.69, 9.17) is 9.47 Å². The lowest BCUT2D eigenvalue weighted by Gasteiger charge is -2.32. The first-order chi connectivity index (χ1) is 14.1. The number of carbonyl (C=O) groups excluding carboxylic acids is 1. The predicted octanol–water partition coefficient (Wildman–Crippen LogP) is 4.71. The van der Waals surface area contributed by atoms with E-state index in [9.17, 15) is 13.4 Å². The van der Waals surface area contributed by atoms with E-state index in [0.717, 1.165) is 23.5 Å². The molecule has 1 unspecified atom stereocenters. The van der Waals surface area contributed by atoms with Crippen molar-refractivity contribution >= 4 is 28.2 Å². The van der Waals surface area contributed by atoms with Crippen LogP contribution in [-0.4, -0.2) is 45.1 Å². The molecular formula is C21H27FN2O4S2. The number of benzene rings is 1. The Kier molecular flexibility index (Phi) is 7.13. The van der Waals surface area contributed by atoms with E-state index in [0.29, 0.717) is 18.0 Å². The Bertz CT molecular complexity index is 918. The van der Waals surface area contributed by atoms with Gasteiger partial charge in [-0.25, -0.2) is 14.2 Å². The molecule has 0 bridgehead atoms. The van der Waals surface area contributed by atoms with Gasteiger partial charge in [0.25, 0.3) is 0 Å². The number of hydrogen-bond acceptors (Lipinski definition) is 6. The number of piperidine rings is 1. The number of amides is 1. The van der Waals surface area contributed by atoms with E-state index in [1.807, 2.05) is 26.2 Å². The minimum Gasteiger partial charge on any atom is -0.484 e. The van der Waals surface area contributed by atoms with Gasteiger partial charge in [-0.05, 0) is 51.8 Å². The normalized spacial score (nSPS) is 16.4. The number of aromatic nitrogens is 1. The van der Waals surface area contributed by atoms with Crippen molar-refractivity contribution in [1.29, 1.82) is 0 Å². The zero-order valence-corrected chi connectivity index (χ0v) is 19.3. The number of rotatable bonds is 5. The molecule has 2 heterocycles. The van der Waals surface area contributed by atoms with Crippen LogP contribution in [0.3, 0.4) is 0 Å². The van der Waals surface area contributed by atoms with Gasteiger partial charge in [0, 0.05) is 46.3 Å². The lowest BCUT2D eigenvalue weighted by molar-refractivity contribution is 0.0204. The lowest BCUT2D eigenvalue weighted by Crippen LogP contribution is -2.41. The topological polar surface area (TPSA) is 68.7 Å². The fourth-order valence-corrected chi connectivity index (χ4v) is 4.65. The van der Waals surface area contributed by atoms with Crippen LogP contribution in [0, 0.1) is 5.82 Å². The molecule has 1 aliphatic heterocycles. The van der Waals surface area contributed by atoms with Crippen molar-refractivity contribution < 1.29 is 22.9 Å². The van der Waals surface area contributed by atoms with Crippen LogP contribution in [0.5, 0.6) is 5.75 Å². The maximum atomic E-state index is 14.1. The first kappa shape index (κ1) is 22.7. The van der Waals surface area contributed by atoms with E-state index in [-0.39, 0.29) is 24.4 Å². The second-order valence-corrected chi connectivity index (χ2v) is 10.5. The highest BCUT2D eigenvalue weighted by Crippen LogP contribution is 2.31. The van der Waals surface area contributed by atoms with Gasteiger partial charge in [-0.1, -0.05) is 0 Å². The smallest absolute Gasteiger partial charge is 0.410 e. The van der Waals surface area contributed by atoms with Gasteiger partial charge >= 0.3 is 6.09 Å². The third-order valence-electron chi connectivity index (χ3n) is 4.68. The van der Waals surface area contributed by atoms with Crippen LogP contribution in [-0.2, 0) is 22.1 Å². The summed E-state index contributed by atoms with van der Waals surface area (Å²) in [6.07, 6.45) is 2.90. The molecule has 30 heavy (non-hydrogen) atoms. The summed E-state index contributed by atoms with van der Waals surface area (Å²) in [5.41, 5.74) is 0.248. The zero-order chi connectivity index (χ0) is 21.9. The quantitative estimate of drug-likeness (QED) is 0.654. The maximum absolute atomic E-state index is 14.1. The summed E-state index contributed by atoms with van der Waals surface area (Å²) in [5.74, 6) is -0.130. The molecule has 0 N–H and O–H groups in total. The van der Waals surface area contributed by atoms with Crippen LogP contribution >= 0.6 is 11.3 Å². The van der Waals surface area contributed by atoms with Gasteiger partial charge in [0.05, 0.1) is 10.7 Å². The Labute approximate surface area is 182 Å². The largest absolute Gasteiger partial charge is 0.484 e. The molecule has 3 rings (SSSR count). The summed E-state index contributed by atoms with van der Waals surface area (Å²) in [5, 5.41) is 2.93. The van der Waals surface area contributed by atoms with Crippen LogP contribution < -0.4 is 4.74 Å². The Morgan fingerprint density at radius 2 is 2.03 bits per heavy atom. The minimum atomic E-state index is -1.24. The van der Waals surface area contributed by atoms with Gasteiger partial charge < -0.3 is 14.4 Å². The lowest BCUT2D eigenvalue weighted by atomic mass is 9.98. The van der Waals surface area contributed by atoms with Gasteiger partial charge in [-0.15, -0.1) is 11.3 Å². The van der Waals surface area contributed by atoms with E-state index >= 15 is 0 Å². The molecule has 6 nitrogen and oxygen atoms in total. The Morgan fingerprint density at radius 3 is 2.63 bits per heavy atom. The molecule has 9 heteroatoms. The third kappa shape index (κ3) is 6.01. The molecule has 0 saturated carbocycles. The van der Waals surface area contributed by atoms with Gasteiger partial charge in [-0.2, -0.15) is 0 Å². The fraction of sp³-hybridized carbons (Fsp3) is 0.524. The molecule has 1 aromatic heterocycles. The SMILES string of the molecule is CS(=O)c1ccc(OCc2csc(C3CCN(C(=O)OC(C)(C)C)CC3)n2)c(F)c1. The molecule has 0 aliphatic carbocycles. The Morgan fingerprint density at radius 1 is 1.33 bits per heavy atom. The average Bonchev–Trinajstić information content (AvgIpc) is 3.14. The van der Waals surface area contributed by atoms with Crippen LogP contribution in [0.2, 0.25) is 0 Å². The van der Waals surface area contributed by atoms with Crippen molar-refractivity contribution in [1.82, 2.24) is 9.88 Å². The van der Waals surface area contributed by atoms with Crippen LogP contribution in [0.15, 0.2) is 28.5 Å². The monoisotopic (exact) mass is 454 g/mol. The zero-order valence-electron chi connectivity index (χ0n) is 17.6. The van der Waals surface area contributed by atoms with E-state index < -0.39 is 22.2 Å². The molecule has 1 amide bonds. The third-order valence-corrected chi connectivity index (χ3v) is 6.65. The van der Waals surface area contributed by atoms with Crippen LogP contribution in [0.1, 0.15) is 50.2 Å². The molecular weight excluding hydrogens is 427 g/mol. The van der Waals surface area contributed by atoms with Gasteiger partial charge in [0.15, 0.2) is 11.6 Å². The summed E-state index contributed by atoms with van der Waals surface area (Å²) >= 11 is 1.56. The van der Waals surface area contributed by atoms with Crippen LogP contribution in [0.25, 0.3) is 0 Å². The number of likely N-dealkylation sites (tertiary alicyclic amines) is 1. The molecule has 1 saturated heterocycles. The first-order valence-electron chi connectivity index (χ1n) is 9.80. The molecule has 0 spiro atoms. The van der Waals surface area contributed by atoms with Gasteiger partial charge in [-0.3, -0.25) is 4.21 Å². The summed E-state index contributed by atoms with van der Waals surface area (Å²) in [6, 6.07) is 4.32. The number of hydrogen-bond donors (Lipinski definition) is 0. The van der Waals surface area contributed by atoms with Crippen molar-refractivity contribution in [3.63, 3.8) is 0 Å². The van der Waals surface area contributed by atoms with Crippen molar-refractivity contribution in [2.75, 3.05) is 19.3 Å². The molecule has 1 aliphatic rings. The van der Waals surface area contributed by atoms with E-state index in [1.165, 1.54) is 18.4 Å². The molecule has 2 aromatic rings. The average molecular weight is 455 g/mol. The Balaban J connectivity index is 1.52. The number of carbonyl (C=O) groups is 1. The standard InChI is InChI=1S/C21H27FN2O4S2/c1-21(2,3)28-20(25)24-9-7-14(8-10-24)19-23-15(13-29-19)12-27-18-6-5-16(30(4)26)11-17(18)22/h5-6,11,13-14H,7-10,12H2,1-4H3. The number of nitrogens with zero attached hydrogens (tertiary/aromatic N) is 2. The molecule has 1 atom stereocenters. The minimum absolute atomic E-state index is 0.115. The Hall–Kier alpha value is -2.00. The summed E-state index contributed by atoms with van der Waals surface area (Å²) in [4.78, 5) is 19.0. The highest BCUT2D eigenvalue weighted by atomic mass is 32.2. The van der Waals surface area contributed by atoms with Crippen molar-refractivity contribution in [2.45, 2.75) is 56.6 Å². The van der Waals surface area contributed by atoms with Crippen molar-refractivity contribution in [3.05, 3.63) is 40.1 Å². The first-order valence-corrected chi connectivity index (χ1v) is 12.2. The highest BCUT2D eigenvalue weighted by Gasteiger charge is 2.28. The number of halogens is 1. The van der Waals surface area contributed by atoms with Crippen molar-refractivity contribution in [3.8, 4) is 5.75 Å². The van der Waals surface area contributed by atoms with Gasteiger partial charge in [0.1, 0.15) is 12.2 Å². The highest BCUT2D eigenvalue weighted by molar-refractivity contribution is 7.84. The second-order valence-electron chi connectivity index (χ2n) is 8.25. The molecule has 1 aromatic carbocycles. The molecule has 0 radical (unpaired) electrons. The summed E-state index contributed by atoms with van der Waals surface area (Å²) in [6.45, 7) is 7.03. The molecule has 1 fully saturated rings. The number of ether oxygens (including phenoxy) is 2. The number of thiazole rings is 1. The maximum Gasteiger partial charge on any atom is 0.410 e. The second kappa shape index (κ2) is 9.43. The summed E-state index contributed by atoms with van der Waals surface area (Å²) < 4.78 is 36.5. The predicted molar refractivity (Wildman–Crippen MR) is 115 cm³/mol.